The molecule has 2 aliphatic heterocycles. The summed E-state index contributed by atoms with van der Waals surface area (Å²) in [6.07, 6.45) is -5.13. The fraction of sp³-hybridized carbons (Fsp3) is 1.00. The van der Waals surface area contributed by atoms with E-state index in [1.807, 2.05) is 55.4 Å². The molecule has 2 rings (SSSR count). The van der Waals surface area contributed by atoms with Crippen molar-refractivity contribution in [1.82, 2.24) is 0 Å². The molecular formula is C19H37F3O8SSi2. The fourth-order valence-electron chi connectivity index (χ4n) is 4.60. The van der Waals surface area contributed by atoms with E-state index in [2.05, 4.69) is 4.18 Å². The highest BCUT2D eigenvalue weighted by Crippen LogP contribution is 2.48. The number of methoxy groups -OCH3 is 1. The molecule has 0 spiro atoms. The number of fused-ring (bicyclic) bond motifs is 1. The van der Waals surface area contributed by atoms with Crippen LogP contribution < -0.4 is 0 Å². The summed E-state index contributed by atoms with van der Waals surface area (Å²) in [5.74, 6) is 0. The Bertz CT molecular complexity index is 759. The van der Waals surface area contributed by atoms with E-state index in [1.54, 1.807) is 0 Å². The summed E-state index contributed by atoms with van der Waals surface area (Å²) in [5.41, 5.74) is -5.73. The molecule has 2 heterocycles. The standard InChI is InChI=1S/C19H37F3O8SSi2/c1-11(2)32(12(3)4)26-10-15-16(29-33(30-32,13(5)6)14(7)8)17(18(25-9)27-15)28-31(23,24)19(20,21)22/h11-18H,10H2,1-9H3. The van der Waals surface area contributed by atoms with Gasteiger partial charge in [-0.15, -0.1) is 0 Å². The second kappa shape index (κ2) is 10.1. The number of hydrogen-bond donors (Lipinski definition) is 0. The van der Waals surface area contributed by atoms with Crippen molar-refractivity contribution in [3.05, 3.63) is 0 Å². The molecule has 0 aromatic heterocycles. The van der Waals surface area contributed by atoms with E-state index in [0.717, 1.165) is 0 Å². The van der Waals surface area contributed by atoms with Gasteiger partial charge in [0.1, 0.15) is 12.2 Å². The Morgan fingerprint density at radius 2 is 1.39 bits per heavy atom. The van der Waals surface area contributed by atoms with Gasteiger partial charge in [-0.1, -0.05) is 55.4 Å². The van der Waals surface area contributed by atoms with Gasteiger partial charge in [-0.2, -0.15) is 21.6 Å². The summed E-state index contributed by atoms with van der Waals surface area (Å²) >= 11 is 0. The van der Waals surface area contributed by atoms with Crippen molar-refractivity contribution >= 4 is 27.2 Å². The first-order valence-corrected chi connectivity index (χ1v) is 16.5. The highest BCUT2D eigenvalue weighted by atomic mass is 32.2. The van der Waals surface area contributed by atoms with Gasteiger partial charge in [-0.05, 0) is 22.2 Å². The number of hydrogen-bond acceptors (Lipinski definition) is 8. The average Bonchev–Trinajstić information content (AvgIpc) is 2.95. The summed E-state index contributed by atoms with van der Waals surface area (Å²) < 4.78 is 98.6. The molecule has 33 heavy (non-hydrogen) atoms. The number of halogens is 3. The maximum Gasteiger partial charge on any atom is 0.523 e. The van der Waals surface area contributed by atoms with Crippen molar-refractivity contribution in [3.63, 3.8) is 0 Å². The van der Waals surface area contributed by atoms with Gasteiger partial charge in [0.05, 0.1) is 6.61 Å². The van der Waals surface area contributed by atoms with Crippen LogP contribution in [0.3, 0.4) is 0 Å². The molecular weight excluding hydrogens is 501 g/mol. The second-order valence-corrected chi connectivity index (χ2v) is 20.2. The molecule has 0 aliphatic carbocycles. The minimum Gasteiger partial charge on any atom is -0.414 e. The van der Waals surface area contributed by atoms with Crippen LogP contribution in [0.4, 0.5) is 13.2 Å². The van der Waals surface area contributed by atoms with Crippen molar-refractivity contribution < 1.29 is 48.2 Å². The van der Waals surface area contributed by atoms with Crippen LogP contribution in [0.1, 0.15) is 55.4 Å². The lowest BCUT2D eigenvalue weighted by atomic mass is 10.1. The third-order valence-electron chi connectivity index (χ3n) is 6.35. The Hall–Kier alpha value is -0.0662. The van der Waals surface area contributed by atoms with E-state index in [4.69, 9.17) is 22.4 Å². The van der Waals surface area contributed by atoms with Crippen LogP contribution in [0.2, 0.25) is 22.2 Å². The Labute approximate surface area is 197 Å². The molecule has 196 valence electrons. The summed E-state index contributed by atoms with van der Waals surface area (Å²) in [7, 11) is -10.8. The summed E-state index contributed by atoms with van der Waals surface area (Å²) in [4.78, 5) is 0. The first kappa shape index (κ1) is 29.2. The second-order valence-electron chi connectivity index (χ2n) is 9.80. The molecule has 4 unspecified atom stereocenters. The van der Waals surface area contributed by atoms with Crippen LogP contribution in [0.5, 0.6) is 0 Å². The van der Waals surface area contributed by atoms with Gasteiger partial charge in [-0.3, -0.25) is 4.18 Å². The largest absolute Gasteiger partial charge is 0.523 e. The Balaban J connectivity index is 2.61. The fourth-order valence-corrected chi connectivity index (χ4v) is 16.4. The average molecular weight is 539 g/mol. The first-order valence-electron chi connectivity index (χ1n) is 11.1. The maximum atomic E-state index is 13.1. The number of alkyl halides is 3. The lowest BCUT2D eigenvalue weighted by Gasteiger charge is -2.51. The third kappa shape index (κ3) is 5.38. The monoisotopic (exact) mass is 538 g/mol. The van der Waals surface area contributed by atoms with Crippen LogP contribution in [0.25, 0.3) is 0 Å². The van der Waals surface area contributed by atoms with Crippen molar-refractivity contribution in [2.24, 2.45) is 0 Å². The molecule has 0 amide bonds. The molecule has 0 N–H and O–H groups in total. The van der Waals surface area contributed by atoms with Gasteiger partial charge in [0.25, 0.3) is 0 Å². The number of rotatable bonds is 7. The molecule has 0 aromatic rings. The van der Waals surface area contributed by atoms with Gasteiger partial charge in [0.2, 0.25) is 0 Å². The zero-order valence-corrected chi connectivity index (χ0v) is 23.5. The molecule has 0 saturated carbocycles. The first-order chi connectivity index (χ1) is 14.9. The van der Waals surface area contributed by atoms with Crippen LogP contribution >= 0.6 is 0 Å². The summed E-state index contributed by atoms with van der Waals surface area (Å²) in [6.45, 7) is 15.8. The lowest BCUT2D eigenvalue weighted by Crippen LogP contribution is -2.66. The normalized spacial score (nSPS) is 30.7. The van der Waals surface area contributed by atoms with Gasteiger partial charge in [0.15, 0.2) is 12.4 Å². The molecule has 2 aliphatic rings. The quantitative estimate of drug-likeness (QED) is 0.265. The van der Waals surface area contributed by atoms with Crippen molar-refractivity contribution in [1.29, 1.82) is 0 Å². The van der Waals surface area contributed by atoms with E-state index >= 15 is 0 Å². The van der Waals surface area contributed by atoms with Crippen LogP contribution in [-0.4, -0.2) is 69.4 Å². The highest BCUT2D eigenvalue weighted by Gasteiger charge is 2.63. The van der Waals surface area contributed by atoms with E-state index in [0.29, 0.717) is 0 Å². The predicted octanol–water partition coefficient (Wildman–Crippen LogP) is 4.55. The molecule has 0 aromatic carbocycles. The molecule has 0 bridgehead atoms. The van der Waals surface area contributed by atoms with E-state index in [-0.39, 0.29) is 28.8 Å². The molecule has 2 fully saturated rings. The Kier molecular flexibility index (Phi) is 8.95. The molecule has 4 atom stereocenters. The SMILES string of the molecule is COC1OC2CO[Si](C(C)C)(C(C)C)O[Si](C(C)C)(C(C)C)OC2C1OS(=O)(=O)C(F)(F)F. The van der Waals surface area contributed by atoms with Crippen LogP contribution in [0.15, 0.2) is 0 Å². The Morgan fingerprint density at radius 3 is 1.79 bits per heavy atom. The summed E-state index contributed by atoms with van der Waals surface area (Å²) in [6, 6.07) is 0. The minimum absolute atomic E-state index is 0.0420. The van der Waals surface area contributed by atoms with E-state index in [9.17, 15) is 21.6 Å². The lowest BCUT2D eigenvalue weighted by molar-refractivity contribution is -0.150. The van der Waals surface area contributed by atoms with Gasteiger partial charge in [0, 0.05) is 7.11 Å². The minimum atomic E-state index is -5.92. The van der Waals surface area contributed by atoms with E-state index in [1.165, 1.54) is 7.11 Å². The van der Waals surface area contributed by atoms with Gasteiger partial charge in [-0.25, -0.2) is 0 Å². The zero-order valence-electron chi connectivity index (χ0n) is 20.6. The van der Waals surface area contributed by atoms with Crippen molar-refractivity contribution in [2.45, 2.75) is 108 Å². The molecule has 0 radical (unpaired) electrons. The molecule has 8 nitrogen and oxygen atoms in total. The smallest absolute Gasteiger partial charge is 0.414 e. The number of ether oxygens (including phenoxy) is 2. The van der Waals surface area contributed by atoms with Crippen LogP contribution in [-0.2, 0) is 36.7 Å². The van der Waals surface area contributed by atoms with Gasteiger partial charge >= 0.3 is 32.7 Å². The third-order valence-corrected chi connectivity index (χ3v) is 17.6. The zero-order chi connectivity index (χ0) is 25.6. The van der Waals surface area contributed by atoms with Crippen molar-refractivity contribution in [2.75, 3.05) is 13.7 Å². The predicted molar refractivity (Wildman–Crippen MR) is 119 cm³/mol. The molecule has 14 heteroatoms. The van der Waals surface area contributed by atoms with Crippen molar-refractivity contribution in [3.8, 4) is 0 Å². The Morgan fingerprint density at radius 1 is 0.909 bits per heavy atom. The molecule has 2 saturated heterocycles. The van der Waals surface area contributed by atoms with Gasteiger partial charge < -0.3 is 22.4 Å². The topological polar surface area (TPSA) is 89.5 Å². The summed E-state index contributed by atoms with van der Waals surface area (Å²) in [5, 5.41) is 0. The van der Waals surface area contributed by atoms with Crippen LogP contribution in [0, 0.1) is 0 Å². The maximum absolute atomic E-state index is 13.1. The highest BCUT2D eigenvalue weighted by molar-refractivity contribution is 7.87. The van der Waals surface area contributed by atoms with E-state index < -0.39 is 57.4 Å².